The van der Waals surface area contributed by atoms with Gasteiger partial charge in [0, 0.05) is 30.9 Å². The van der Waals surface area contributed by atoms with E-state index >= 15 is 0 Å². The van der Waals surface area contributed by atoms with Gasteiger partial charge in [0.1, 0.15) is 0 Å². The minimum atomic E-state index is 0.134. The summed E-state index contributed by atoms with van der Waals surface area (Å²) in [6.07, 6.45) is 3.40. The number of nitrogens with one attached hydrogen (secondary N) is 1. The van der Waals surface area contributed by atoms with Gasteiger partial charge in [0.2, 0.25) is 0 Å². The van der Waals surface area contributed by atoms with Gasteiger partial charge in [-0.15, -0.1) is 0 Å². The van der Waals surface area contributed by atoms with Gasteiger partial charge in [-0.05, 0) is 43.5 Å². The number of rotatable bonds is 5. The normalized spacial score (nSPS) is 14.5. The van der Waals surface area contributed by atoms with E-state index in [9.17, 15) is 4.79 Å². The monoisotopic (exact) mass is 232 g/mol. The van der Waals surface area contributed by atoms with Gasteiger partial charge >= 0.3 is 0 Å². The zero-order chi connectivity index (χ0) is 12.3. The van der Waals surface area contributed by atoms with Gasteiger partial charge in [0.05, 0.1) is 0 Å². The molecule has 1 aliphatic carbocycles. The summed E-state index contributed by atoms with van der Waals surface area (Å²) in [5.74, 6) is 0.134. The van der Waals surface area contributed by atoms with E-state index in [-0.39, 0.29) is 5.91 Å². The molecule has 0 saturated heterocycles. The van der Waals surface area contributed by atoms with Gasteiger partial charge in [-0.25, -0.2) is 0 Å². The van der Waals surface area contributed by atoms with Crippen molar-refractivity contribution in [3.05, 3.63) is 29.8 Å². The summed E-state index contributed by atoms with van der Waals surface area (Å²) in [5, 5.41) is 3.30. The maximum Gasteiger partial charge on any atom is 0.253 e. The van der Waals surface area contributed by atoms with Crippen molar-refractivity contribution in [2.24, 2.45) is 0 Å². The molecule has 0 unspecified atom stereocenters. The van der Waals surface area contributed by atoms with Crippen LogP contribution in [-0.2, 0) is 0 Å². The number of carbonyl (C=O) groups excluding carboxylic acids is 1. The molecule has 1 amide bonds. The fourth-order valence-electron chi connectivity index (χ4n) is 1.83. The minimum Gasteiger partial charge on any atom is -0.385 e. The van der Waals surface area contributed by atoms with Crippen molar-refractivity contribution >= 4 is 11.6 Å². The third kappa shape index (κ3) is 2.99. The third-order valence-corrected chi connectivity index (χ3v) is 3.13. The van der Waals surface area contributed by atoms with Crippen molar-refractivity contribution in [3.8, 4) is 0 Å². The van der Waals surface area contributed by atoms with Crippen molar-refractivity contribution in [2.45, 2.75) is 32.2 Å². The number of hydrogen-bond donors (Lipinski definition) is 1. The van der Waals surface area contributed by atoms with Crippen LogP contribution in [0.25, 0.3) is 0 Å². The Morgan fingerprint density at radius 1 is 1.35 bits per heavy atom. The van der Waals surface area contributed by atoms with Crippen molar-refractivity contribution < 1.29 is 4.79 Å². The van der Waals surface area contributed by atoms with Crippen LogP contribution in [0.2, 0.25) is 0 Å². The average molecular weight is 232 g/mol. The first-order chi connectivity index (χ1) is 8.22. The van der Waals surface area contributed by atoms with Crippen LogP contribution in [0.5, 0.6) is 0 Å². The molecule has 0 atom stereocenters. The lowest BCUT2D eigenvalue weighted by atomic mass is 10.2. The second kappa shape index (κ2) is 5.21. The molecule has 3 nitrogen and oxygen atoms in total. The summed E-state index contributed by atoms with van der Waals surface area (Å²) in [5.41, 5.74) is 1.86. The summed E-state index contributed by atoms with van der Waals surface area (Å²) in [6.45, 7) is 3.10. The average Bonchev–Trinajstić information content (AvgIpc) is 3.19. The van der Waals surface area contributed by atoms with Crippen molar-refractivity contribution in [2.75, 3.05) is 18.9 Å². The number of benzene rings is 1. The van der Waals surface area contributed by atoms with E-state index in [0.717, 1.165) is 37.1 Å². The lowest BCUT2D eigenvalue weighted by Gasteiger charge is -2.16. The predicted octanol–water partition coefficient (Wildman–Crippen LogP) is 2.74. The van der Waals surface area contributed by atoms with Crippen LogP contribution in [0, 0.1) is 0 Å². The number of amides is 1. The molecule has 1 saturated carbocycles. The van der Waals surface area contributed by atoms with Crippen molar-refractivity contribution in [1.82, 2.24) is 4.90 Å². The Hall–Kier alpha value is -1.51. The molecular weight excluding hydrogens is 212 g/mol. The first kappa shape index (κ1) is 12.0. The molecule has 0 spiro atoms. The molecule has 1 N–H and O–H groups in total. The maximum atomic E-state index is 12.1. The smallest absolute Gasteiger partial charge is 0.253 e. The van der Waals surface area contributed by atoms with Crippen LogP contribution in [-0.4, -0.2) is 30.4 Å². The second-order valence-electron chi connectivity index (χ2n) is 4.65. The summed E-state index contributed by atoms with van der Waals surface area (Å²) >= 11 is 0. The minimum absolute atomic E-state index is 0.134. The van der Waals surface area contributed by atoms with Crippen LogP contribution >= 0.6 is 0 Å². The first-order valence-corrected chi connectivity index (χ1v) is 6.33. The Labute approximate surface area is 103 Å². The molecule has 2 rings (SSSR count). The van der Waals surface area contributed by atoms with Crippen LogP contribution in [0.15, 0.2) is 24.3 Å². The first-order valence-electron chi connectivity index (χ1n) is 6.33. The van der Waals surface area contributed by atoms with E-state index in [1.165, 1.54) is 0 Å². The van der Waals surface area contributed by atoms with Crippen LogP contribution in [0.3, 0.4) is 0 Å². The Kier molecular flexibility index (Phi) is 3.67. The third-order valence-electron chi connectivity index (χ3n) is 3.13. The lowest BCUT2D eigenvalue weighted by molar-refractivity contribution is 0.0785. The fourth-order valence-corrected chi connectivity index (χ4v) is 1.83. The molecule has 0 aromatic heterocycles. The Morgan fingerprint density at radius 2 is 2.00 bits per heavy atom. The Balaban J connectivity index is 1.98. The lowest BCUT2D eigenvalue weighted by Crippen LogP contribution is -2.28. The van der Waals surface area contributed by atoms with Gasteiger partial charge < -0.3 is 10.2 Å². The summed E-state index contributed by atoms with van der Waals surface area (Å²) in [4.78, 5) is 13.9. The van der Waals surface area contributed by atoms with E-state index in [0.29, 0.717) is 6.04 Å². The highest BCUT2D eigenvalue weighted by molar-refractivity contribution is 5.94. The molecule has 1 aromatic rings. The highest BCUT2D eigenvalue weighted by atomic mass is 16.2. The number of anilines is 1. The zero-order valence-electron chi connectivity index (χ0n) is 10.6. The largest absolute Gasteiger partial charge is 0.385 e. The van der Waals surface area contributed by atoms with Crippen LogP contribution in [0.4, 0.5) is 5.69 Å². The Morgan fingerprint density at radius 3 is 2.53 bits per heavy atom. The molecule has 3 heteroatoms. The molecule has 1 aromatic carbocycles. The summed E-state index contributed by atoms with van der Waals surface area (Å²) in [7, 11) is 1.89. The molecule has 0 bridgehead atoms. The van der Waals surface area contributed by atoms with Crippen LogP contribution in [0.1, 0.15) is 36.5 Å². The topological polar surface area (TPSA) is 32.3 Å². The molecule has 0 radical (unpaired) electrons. The standard InChI is InChI=1S/C14H20N2O/c1-3-10-15-12-6-4-11(5-7-12)14(17)16(2)13-8-9-13/h4-7,13,15H,3,8-10H2,1-2H3. The SMILES string of the molecule is CCCNc1ccc(C(=O)N(C)C2CC2)cc1. The Bertz CT molecular complexity index is 382. The van der Waals surface area contributed by atoms with Gasteiger partial charge in [-0.1, -0.05) is 6.92 Å². The zero-order valence-corrected chi connectivity index (χ0v) is 10.6. The number of hydrogen-bond acceptors (Lipinski definition) is 2. The van der Waals surface area contributed by atoms with E-state index in [2.05, 4.69) is 12.2 Å². The summed E-state index contributed by atoms with van der Waals surface area (Å²) in [6, 6.07) is 8.23. The fraction of sp³-hybridized carbons (Fsp3) is 0.500. The van der Waals surface area contributed by atoms with E-state index in [1.807, 2.05) is 36.2 Å². The maximum absolute atomic E-state index is 12.1. The molecule has 1 fully saturated rings. The number of carbonyl (C=O) groups is 1. The van der Waals surface area contributed by atoms with Crippen LogP contribution < -0.4 is 5.32 Å². The van der Waals surface area contributed by atoms with Gasteiger partial charge in [-0.3, -0.25) is 4.79 Å². The quantitative estimate of drug-likeness (QED) is 0.846. The highest BCUT2D eigenvalue weighted by Crippen LogP contribution is 2.26. The molecule has 17 heavy (non-hydrogen) atoms. The van der Waals surface area contributed by atoms with E-state index < -0.39 is 0 Å². The van der Waals surface area contributed by atoms with Gasteiger partial charge in [0.25, 0.3) is 5.91 Å². The number of nitrogens with zero attached hydrogens (tertiary/aromatic N) is 1. The van der Waals surface area contributed by atoms with Gasteiger partial charge in [-0.2, -0.15) is 0 Å². The molecule has 1 aliphatic rings. The molecule has 0 aliphatic heterocycles. The predicted molar refractivity (Wildman–Crippen MR) is 70.3 cm³/mol. The van der Waals surface area contributed by atoms with E-state index in [1.54, 1.807) is 0 Å². The summed E-state index contributed by atoms with van der Waals surface area (Å²) < 4.78 is 0. The van der Waals surface area contributed by atoms with Crippen molar-refractivity contribution in [3.63, 3.8) is 0 Å². The molecule has 0 heterocycles. The highest BCUT2D eigenvalue weighted by Gasteiger charge is 2.29. The molecule has 92 valence electrons. The second-order valence-corrected chi connectivity index (χ2v) is 4.65. The van der Waals surface area contributed by atoms with Gasteiger partial charge in [0.15, 0.2) is 0 Å². The van der Waals surface area contributed by atoms with Crippen molar-refractivity contribution in [1.29, 1.82) is 0 Å². The van der Waals surface area contributed by atoms with E-state index in [4.69, 9.17) is 0 Å². The molecular formula is C14H20N2O.